The summed E-state index contributed by atoms with van der Waals surface area (Å²) in [7, 11) is 0. The monoisotopic (exact) mass is 405 g/mol. The van der Waals surface area contributed by atoms with Crippen molar-refractivity contribution in [2.24, 2.45) is 0 Å². The molecule has 4 rings (SSSR count). The summed E-state index contributed by atoms with van der Waals surface area (Å²) in [5.74, 6) is 0.533. The Hall–Kier alpha value is -3.24. The van der Waals surface area contributed by atoms with Crippen molar-refractivity contribution < 1.29 is 9.84 Å². The topological polar surface area (TPSA) is 62.3 Å². The predicted octanol–water partition coefficient (Wildman–Crippen LogP) is 6.47. The van der Waals surface area contributed by atoms with Crippen molar-refractivity contribution in [2.75, 3.05) is 0 Å². The third kappa shape index (κ3) is 3.71. The number of nitrogens with one attached hydrogen (secondary N) is 1. The van der Waals surface area contributed by atoms with Crippen molar-refractivity contribution in [1.29, 1.82) is 0 Å². The van der Waals surface area contributed by atoms with E-state index in [9.17, 15) is 9.90 Å². The average Bonchev–Trinajstić information content (AvgIpc) is 2.71. The maximum Gasteiger partial charge on any atom is 0.295 e. The lowest BCUT2D eigenvalue weighted by molar-refractivity contribution is 0.410. The minimum Gasteiger partial charge on any atom is -0.504 e. The highest BCUT2D eigenvalue weighted by atomic mass is 35.5. The zero-order valence-corrected chi connectivity index (χ0v) is 16.8. The number of hydrogen-bond acceptors (Lipinski definition) is 3. The fourth-order valence-corrected chi connectivity index (χ4v) is 3.52. The summed E-state index contributed by atoms with van der Waals surface area (Å²) in [5.41, 5.74) is 2.85. The van der Waals surface area contributed by atoms with E-state index in [0.29, 0.717) is 27.6 Å². The molecule has 0 spiro atoms. The third-order valence-electron chi connectivity index (χ3n) is 4.88. The Balaban J connectivity index is 1.84. The molecule has 1 aromatic heterocycles. The molecule has 2 N–H and O–H groups in total. The summed E-state index contributed by atoms with van der Waals surface area (Å²) in [6.07, 6.45) is 0. The van der Waals surface area contributed by atoms with Gasteiger partial charge in [-0.1, -0.05) is 67.9 Å². The number of pyridine rings is 1. The number of fused-ring (bicyclic) bond motifs is 1. The quantitative estimate of drug-likeness (QED) is 0.409. The van der Waals surface area contributed by atoms with Gasteiger partial charge in [-0.25, -0.2) is 0 Å². The fraction of sp³-hybridized carbons (Fsp3) is 0.125. The highest BCUT2D eigenvalue weighted by molar-refractivity contribution is 6.34. The van der Waals surface area contributed by atoms with Gasteiger partial charge in [0.05, 0.1) is 10.5 Å². The van der Waals surface area contributed by atoms with Gasteiger partial charge in [0.2, 0.25) is 5.75 Å². The van der Waals surface area contributed by atoms with E-state index >= 15 is 0 Å². The van der Waals surface area contributed by atoms with Gasteiger partial charge in [-0.05, 0) is 41.3 Å². The molecule has 0 aliphatic carbocycles. The van der Waals surface area contributed by atoms with Gasteiger partial charge in [0, 0.05) is 10.9 Å². The average molecular weight is 406 g/mol. The van der Waals surface area contributed by atoms with Crippen molar-refractivity contribution in [3.8, 4) is 28.4 Å². The number of H-pyrrole nitrogens is 1. The molecule has 0 fully saturated rings. The van der Waals surface area contributed by atoms with Crippen LogP contribution in [0, 0.1) is 0 Å². The van der Waals surface area contributed by atoms with Gasteiger partial charge in [0.15, 0.2) is 5.75 Å². The lowest BCUT2D eigenvalue weighted by Gasteiger charge is -2.12. The van der Waals surface area contributed by atoms with Crippen LogP contribution in [0.4, 0.5) is 0 Å². The first-order chi connectivity index (χ1) is 13.9. The van der Waals surface area contributed by atoms with E-state index in [1.165, 1.54) is 5.56 Å². The largest absolute Gasteiger partial charge is 0.504 e. The van der Waals surface area contributed by atoms with Crippen LogP contribution in [0.25, 0.3) is 22.0 Å². The standard InChI is InChI=1S/C24H20ClNO3/c1-14(2)15-8-10-16(11-9-15)18-12-19-21(13-20(18)25)26-24(28)23(22(19)27)29-17-6-4-3-5-7-17/h3-14H,1-2H3,(H2,26,27,28). The number of rotatable bonds is 4. The highest BCUT2D eigenvalue weighted by Gasteiger charge is 2.17. The molecule has 0 saturated carbocycles. The van der Waals surface area contributed by atoms with Gasteiger partial charge in [-0.2, -0.15) is 0 Å². The van der Waals surface area contributed by atoms with E-state index in [-0.39, 0.29) is 11.5 Å². The number of hydrogen-bond donors (Lipinski definition) is 2. The van der Waals surface area contributed by atoms with Gasteiger partial charge in [-0.3, -0.25) is 4.79 Å². The Bertz CT molecular complexity index is 1230. The molecule has 0 saturated heterocycles. The molecule has 0 aliphatic rings. The molecule has 5 heteroatoms. The Labute approximate surface area is 173 Å². The molecule has 4 nitrogen and oxygen atoms in total. The van der Waals surface area contributed by atoms with E-state index in [0.717, 1.165) is 11.1 Å². The normalized spacial score (nSPS) is 11.2. The number of ether oxygens (including phenoxy) is 1. The van der Waals surface area contributed by atoms with Crippen molar-refractivity contribution in [1.82, 2.24) is 4.98 Å². The molecule has 0 radical (unpaired) electrons. The van der Waals surface area contributed by atoms with Gasteiger partial charge in [0.1, 0.15) is 5.75 Å². The van der Waals surface area contributed by atoms with Crippen LogP contribution in [0.15, 0.2) is 71.5 Å². The number of halogens is 1. The minimum absolute atomic E-state index is 0.146. The molecule has 146 valence electrons. The molecule has 4 aromatic rings. The Morgan fingerprint density at radius 1 is 1.00 bits per heavy atom. The zero-order chi connectivity index (χ0) is 20.5. The van der Waals surface area contributed by atoms with Crippen LogP contribution < -0.4 is 10.3 Å². The van der Waals surface area contributed by atoms with Crippen LogP contribution in [0.5, 0.6) is 17.2 Å². The van der Waals surface area contributed by atoms with Crippen LogP contribution in [-0.4, -0.2) is 10.1 Å². The van der Waals surface area contributed by atoms with Crippen LogP contribution in [0.2, 0.25) is 5.02 Å². The van der Waals surface area contributed by atoms with Gasteiger partial charge < -0.3 is 14.8 Å². The molecule has 0 aliphatic heterocycles. The molecule has 0 amide bonds. The number of benzene rings is 3. The smallest absolute Gasteiger partial charge is 0.295 e. The maximum absolute atomic E-state index is 12.4. The summed E-state index contributed by atoms with van der Waals surface area (Å²) in [5, 5.41) is 11.7. The first-order valence-electron chi connectivity index (χ1n) is 9.36. The van der Waals surface area contributed by atoms with E-state index in [4.69, 9.17) is 16.3 Å². The van der Waals surface area contributed by atoms with E-state index in [1.807, 2.05) is 18.2 Å². The first kappa shape index (κ1) is 19.1. The Morgan fingerprint density at radius 3 is 2.34 bits per heavy atom. The van der Waals surface area contributed by atoms with E-state index in [1.54, 1.807) is 36.4 Å². The second kappa shape index (κ2) is 7.64. The maximum atomic E-state index is 12.4. The minimum atomic E-state index is -0.524. The van der Waals surface area contributed by atoms with Crippen molar-refractivity contribution in [2.45, 2.75) is 19.8 Å². The van der Waals surface area contributed by atoms with E-state index in [2.05, 4.69) is 31.0 Å². The summed E-state index contributed by atoms with van der Waals surface area (Å²) in [6, 6.07) is 20.4. The Kier molecular flexibility index (Phi) is 5.03. The fourth-order valence-electron chi connectivity index (χ4n) is 3.25. The van der Waals surface area contributed by atoms with Gasteiger partial charge in [0.25, 0.3) is 5.56 Å². The lowest BCUT2D eigenvalue weighted by Crippen LogP contribution is -2.09. The first-order valence-corrected chi connectivity index (χ1v) is 9.73. The summed E-state index contributed by atoms with van der Waals surface area (Å²) >= 11 is 6.48. The number of para-hydroxylation sites is 1. The van der Waals surface area contributed by atoms with Crippen LogP contribution in [0.1, 0.15) is 25.3 Å². The van der Waals surface area contributed by atoms with E-state index < -0.39 is 5.56 Å². The molecule has 0 unspecified atom stereocenters. The van der Waals surface area contributed by atoms with Gasteiger partial charge in [-0.15, -0.1) is 0 Å². The molecule has 29 heavy (non-hydrogen) atoms. The summed E-state index contributed by atoms with van der Waals surface area (Å²) < 4.78 is 5.64. The molecule has 3 aromatic carbocycles. The highest BCUT2D eigenvalue weighted by Crippen LogP contribution is 2.38. The van der Waals surface area contributed by atoms with Crippen LogP contribution >= 0.6 is 11.6 Å². The van der Waals surface area contributed by atoms with Crippen LogP contribution in [0.3, 0.4) is 0 Å². The molecule has 0 bridgehead atoms. The third-order valence-corrected chi connectivity index (χ3v) is 5.20. The van der Waals surface area contributed by atoms with Crippen molar-refractivity contribution >= 4 is 22.5 Å². The number of aromatic amines is 1. The molecular weight excluding hydrogens is 386 g/mol. The van der Waals surface area contributed by atoms with Crippen LogP contribution in [-0.2, 0) is 0 Å². The molecular formula is C24H20ClNO3. The number of aromatic hydroxyl groups is 1. The van der Waals surface area contributed by atoms with Crippen molar-refractivity contribution in [3.63, 3.8) is 0 Å². The number of aromatic nitrogens is 1. The molecule has 1 heterocycles. The predicted molar refractivity (Wildman–Crippen MR) is 117 cm³/mol. The SMILES string of the molecule is CC(C)c1ccc(-c2cc3c(O)c(Oc4ccccc4)c(=O)[nH]c3cc2Cl)cc1. The molecule has 0 atom stereocenters. The lowest BCUT2D eigenvalue weighted by atomic mass is 9.98. The zero-order valence-electron chi connectivity index (χ0n) is 16.1. The second-order valence-corrected chi connectivity index (χ2v) is 7.61. The van der Waals surface area contributed by atoms with Gasteiger partial charge >= 0.3 is 0 Å². The summed E-state index contributed by atoms with van der Waals surface area (Å²) in [6.45, 7) is 4.28. The summed E-state index contributed by atoms with van der Waals surface area (Å²) in [4.78, 5) is 15.2. The van der Waals surface area contributed by atoms with Crippen molar-refractivity contribution in [3.05, 3.63) is 87.7 Å². The Morgan fingerprint density at radius 2 is 1.69 bits per heavy atom. The second-order valence-electron chi connectivity index (χ2n) is 7.20.